The number of nitro benzene ring substituents is 1. The van der Waals surface area contributed by atoms with Crippen LogP contribution in [0.4, 0.5) is 5.69 Å². The first kappa shape index (κ1) is 20.4. The van der Waals surface area contributed by atoms with Gasteiger partial charge in [-0.2, -0.15) is 0 Å². The molecule has 0 saturated carbocycles. The van der Waals surface area contributed by atoms with Crippen molar-refractivity contribution in [3.05, 3.63) is 68.3 Å². The molecule has 1 atom stereocenters. The molecule has 1 unspecified atom stereocenters. The summed E-state index contributed by atoms with van der Waals surface area (Å²) in [5.74, 6) is 0.872. The van der Waals surface area contributed by atoms with Crippen LogP contribution in [0.3, 0.4) is 0 Å². The van der Waals surface area contributed by atoms with E-state index in [-0.39, 0.29) is 17.6 Å². The van der Waals surface area contributed by atoms with Crippen molar-refractivity contribution in [1.29, 1.82) is 0 Å². The largest absolute Gasteiger partial charge is 0.496 e. The van der Waals surface area contributed by atoms with E-state index in [1.807, 2.05) is 19.9 Å². The van der Waals surface area contributed by atoms with Gasteiger partial charge in [-0.1, -0.05) is 13.8 Å². The summed E-state index contributed by atoms with van der Waals surface area (Å²) in [4.78, 5) is 23.1. The Balaban J connectivity index is 2.28. The van der Waals surface area contributed by atoms with Gasteiger partial charge < -0.3 is 10.1 Å². The highest BCUT2D eigenvalue weighted by Gasteiger charge is 2.19. The fourth-order valence-corrected chi connectivity index (χ4v) is 3.17. The molecule has 144 valence electrons. The molecule has 0 heterocycles. The average molecular weight is 370 g/mol. The van der Waals surface area contributed by atoms with Gasteiger partial charge in [-0.25, -0.2) is 0 Å². The molecule has 2 aromatic carbocycles. The molecule has 6 heteroatoms. The monoisotopic (exact) mass is 370 g/mol. The molecular formula is C21H26N2O4. The highest BCUT2D eigenvalue weighted by atomic mass is 16.6. The second-order valence-corrected chi connectivity index (χ2v) is 7.06. The van der Waals surface area contributed by atoms with Crippen LogP contribution >= 0.6 is 0 Å². The van der Waals surface area contributed by atoms with Crippen molar-refractivity contribution in [1.82, 2.24) is 5.32 Å². The summed E-state index contributed by atoms with van der Waals surface area (Å²) in [6.07, 6.45) is 0. The van der Waals surface area contributed by atoms with E-state index in [4.69, 9.17) is 4.74 Å². The topological polar surface area (TPSA) is 81.5 Å². The maximum Gasteiger partial charge on any atom is 0.272 e. The van der Waals surface area contributed by atoms with E-state index >= 15 is 0 Å². The number of aryl methyl sites for hydroxylation is 2. The van der Waals surface area contributed by atoms with Crippen molar-refractivity contribution in [2.75, 3.05) is 7.11 Å². The number of carbonyl (C=O) groups excluding carboxylic acids is 1. The lowest BCUT2D eigenvalue weighted by molar-refractivity contribution is -0.385. The van der Waals surface area contributed by atoms with Crippen molar-refractivity contribution in [3.63, 3.8) is 0 Å². The summed E-state index contributed by atoms with van der Waals surface area (Å²) in [6, 6.07) is 8.24. The van der Waals surface area contributed by atoms with Crippen LogP contribution in [0.1, 0.15) is 65.3 Å². The second-order valence-electron chi connectivity index (χ2n) is 7.06. The van der Waals surface area contributed by atoms with E-state index in [0.717, 1.165) is 22.4 Å². The van der Waals surface area contributed by atoms with Gasteiger partial charge in [0.1, 0.15) is 5.75 Å². The number of nitro groups is 1. The first-order valence-electron chi connectivity index (χ1n) is 8.90. The van der Waals surface area contributed by atoms with Gasteiger partial charge in [-0.05, 0) is 67.6 Å². The summed E-state index contributed by atoms with van der Waals surface area (Å²) >= 11 is 0. The Labute approximate surface area is 159 Å². The third-order valence-corrected chi connectivity index (χ3v) is 4.71. The van der Waals surface area contributed by atoms with Crippen molar-refractivity contribution in [3.8, 4) is 5.75 Å². The summed E-state index contributed by atoms with van der Waals surface area (Å²) < 4.78 is 5.47. The summed E-state index contributed by atoms with van der Waals surface area (Å²) in [6.45, 7) is 9.73. The lowest BCUT2D eigenvalue weighted by Crippen LogP contribution is -2.27. The number of ether oxygens (including phenoxy) is 1. The van der Waals surface area contributed by atoms with E-state index in [2.05, 4.69) is 25.2 Å². The Bertz CT molecular complexity index is 875. The van der Waals surface area contributed by atoms with Gasteiger partial charge in [0.05, 0.1) is 18.1 Å². The molecule has 0 aromatic heterocycles. The molecule has 0 spiro atoms. The zero-order chi connectivity index (χ0) is 20.3. The fraction of sp³-hybridized carbons (Fsp3) is 0.381. The van der Waals surface area contributed by atoms with E-state index in [9.17, 15) is 14.9 Å². The Morgan fingerprint density at radius 2 is 1.74 bits per heavy atom. The summed E-state index contributed by atoms with van der Waals surface area (Å²) in [7, 11) is 1.66. The minimum atomic E-state index is -0.451. The predicted molar refractivity (Wildman–Crippen MR) is 106 cm³/mol. The number of rotatable bonds is 6. The highest BCUT2D eigenvalue weighted by Crippen LogP contribution is 2.32. The van der Waals surface area contributed by atoms with E-state index < -0.39 is 4.92 Å². The zero-order valence-electron chi connectivity index (χ0n) is 16.6. The molecule has 0 saturated heterocycles. The molecule has 2 aromatic rings. The molecule has 27 heavy (non-hydrogen) atoms. The van der Waals surface area contributed by atoms with Crippen molar-refractivity contribution >= 4 is 11.6 Å². The van der Waals surface area contributed by atoms with Crippen molar-refractivity contribution < 1.29 is 14.5 Å². The van der Waals surface area contributed by atoms with Gasteiger partial charge in [0.2, 0.25) is 0 Å². The molecule has 0 bridgehead atoms. The lowest BCUT2D eigenvalue weighted by atomic mass is 9.93. The molecule has 0 aliphatic rings. The minimum Gasteiger partial charge on any atom is -0.496 e. The molecule has 2 rings (SSSR count). The Kier molecular flexibility index (Phi) is 6.20. The van der Waals surface area contributed by atoms with Crippen LogP contribution in [0.25, 0.3) is 0 Å². The van der Waals surface area contributed by atoms with Gasteiger partial charge in [-0.3, -0.25) is 14.9 Å². The third kappa shape index (κ3) is 4.45. The molecule has 1 amide bonds. The predicted octanol–water partition coefficient (Wildman–Crippen LogP) is 4.83. The minimum absolute atomic E-state index is 0.00664. The number of amides is 1. The van der Waals surface area contributed by atoms with Crippen LogP contribution in [0, 0.1) is 24.0 Å². The smallest absolute Gasteiger partial charge is 0.272 e. The van der Waals surface area contributed by atoms with Crippen molar-refractivity contribution in [2.24, 2.45) is 0 Å². The molecule has 0 radical (unpaired) electrons. The molecule has 0 fully saturated rings. The number of benzene rings is 2. The van der Waals surface area contributed by atoms with Crippen LogP contribution in [0.5, 0.6) is 5.75 Å². The molecule has 0 aliphatic carbocycles. The zero-order valence-corrected chi connectivity index (χ0v) is 16.6. The number of hydrogen-bond donors (Lipinski definition) is 1. The Morgan fingerprint density at radius 3 is 2.26 bits per heavy atom. The van der Waals surface area contributed by atoms with Gasteiger partial charge in [-0.15, -0.1) is 0 Å². The summed E-state index contributed by atoms with van der Waals surface area (Å²) in [5, 5.41) is 13.9. The van der Waals surface area contributed by atoms with Crippen LogP contribution in [0.2, 0.25) is 0 Å². The number of nitrogens with one attached hydrogen (secondary N) is 1. The van der Waals surface area contributed by atoms with Crippen molar-refractivity contribution in [2.45, 2.75) is 46.6 Å². The number of hydrogen-bond acceptors (Lipinski definition) is 4. The fourth-order valence-electron chi connectivity index (χ4n) is 3.17. The molecule has 6 nitrogen and oxygen atoms in total. The van der Waals surface area contributed by atoms with E-state index in [1.54, 1.807) is 20.1 Å². The lowest BCUT2D eigenvalue weighted by Gasteiger charge is -2.21. The quantitative estimate of drug-likeness (QED) is 0.583. The third-order valence-electron chi connectivity index (χ3n) is 4.71. The standard InChI is InChI=1S/C21H26N2O4/c1-12(2)17-11-18(13(3)10-20(17)27-6)15(5)22-21(24)16-7-8-19(23(25)26)14(4)9-16/h7-12,15H,1-6H3,(H,22,24). The van der Waals surface area contributed by atoms with Gasteiger partial charge in [0.15, 0.2) is 0 Å². The normalized spacial score (nSPS) is 12.0. The molecule has 0 aliphatic heterocycles. The van der Waals surface area contributed by atoms with E-state index in [0.29, 0.717) is 17.0 Å². The molecule has 1 N–H and O–H groups in total. The second kappa shape index (κ2) is 8.20. The first-order chi connectivity index (χ1) is 12.6. The Hall–Kier alpha value is -2.89. The Morgan fingerprint density at radius 1 is 1.07 bits per heavy atom. The number of methoxy groups -OCH3 is 1. The van der Waals surface area contributed by atoms with Crippen LogP contribution in [-0.2, 0) is 0 Å². The number of nitrogens with zero attached hydrogens (tertiary/aromatic N) is 1. The van der Waals surface area contributed by atoms with Crippen LogP contribution in [-0.4, -0.2) is 17.9 Å². The maximum atomic E-state index is 12.6. The number of carbonyl (C=O) groups is 1. The summed E-state index contributed by atoms with van der Waals surface area (Å²) in [5.41, 5.74) is 4.01. The van der Waals surface area contributed by atoms with Crippen LogP contribution in [0.15, 0.2) is 30.3 Å². The van der Waals surface area contributed by atoms with E-state index in [1.165, 1.54) is 12.1 Å². The molecular weight excluding hydrogens is 344 g/mol. The van der Waals surface area contributed by atoms with Crippen LogP contribution < -0.4 is 10.1 Å². The first-order valence-corrected chi connectivity index (χ1v) is 8.90. The van der Waals surface area contributed by atoms with Gasteiger partial charge >= 0.3 is 0 Å². The highest BCUT2D eigenvalue weighted by molar-refractivity contribution is 5.95. The maximum absolute atomic E-state index is 12.6. The van der Waals surface area contributed by atoms with Gasteiger partial charge in [0, 0.05) is 17.2 Å². The van der Waals surface area contributed by atoms with Gasteiger partial charge in [0.25, 0.3) is 11.6 Å². The average Bonchev–Trinajstić information content (AvgIpc) is 2.60. The SMILES string of the molecule is COc1cc(C)c(C(C)NC(=O)c2ccc([N+](=O)[O-])c(C)c2)cc1C(C)C.